The minimum Gasteiger partial charge on any atom is -0.496 e. The maximum absolute atomic E-state index is 10.8. The molecule has 0 saturated carbocycles. The molecule has 0 aliphatic heterocycles. The summed E-state index contributed by atoms with van der Waals surface area (Å²) in [6.45, 7) is 4.61. The molecule has 0 spiro atoms. The van der Waals surface area contributed by atoms with Crippen molar-refractivity contribution in [3.05, 3.63) is 33.9 Å². The van der Waals surface area contributed by atoms with Gasteiger partial charge in [-0.15, -0.1) is 0 Å². The van der Waals surface area contributed by atoms with Crippen molar-refractivity contribution in [2.45, 2.75) is 38.8 Å². The Morgan fingerprint density at radius 3 is 2.70 bits per heavy atom. The predicted octanol–water partition coefficient (Wildman–Crippen LogP) is 2.24. The van der Waals surface area contributed by atoms with Crippen LogP contribution in [0.25, 0.3) is 0 Å². The van der Waals surface area contributed by atoms with Crippen molar-refractivity contribution in [1.82, 2.24) is 5.32 Å². The molecular weight excluding hydrogens is 260 g/mol. The third-order valence-electron chi connectivity index (χ3n) is 3.62. The molecule has 0 amide bonds. The van der Waals surface area contributed by atoms with E-state index in [1.807, 2.05) is 13.8 Å². The average molecular weight is 282 g/mol. The molecule has 0 aliphatic rings. The van der Waals surface area contributed by atoms with Crippen LogP contribution in [0, 0.1) is 10.1 Å². The van der Waals surface area contributed by atoms with Crippen LogP contribution in [-0.2, 0) is 6.54 Å². The zero-order valence-corrected chi connectivity index (χ0v) is 12.2. The summed E-state index contributed by atoms with van der Waals surface area (Å²) in [5.74, 6) is 0.616. The van der Waals surface area contributed by atoms with E-state index in [9.17, 15) is 10.1 Å². The van der Waals surface area contributed by atoms with Gasteiger partial charge in [-0.25, -0.2) is 0 Å². The first-order valence-electron chi connectivity index (χ1n) is 6.63. The second kappa shape index (κ2) is 7.21. The van der Waals surface area contributed by atoms with Crippen LogP contribution >= 0.6 is 0 Å². The topological polar surface area (TPSA) is 84.6 Å². The van der Waals surface area contributed by atoms with E-state index in [4.69, 9.17) is 9.84 Å². The van der Waals surface area contributed by atoms with Crippen molar-refractivity contribution in [1.29, 1.82) is 0 Å². The summed E-state index contributed by atoms with van der Waals surface area (Å²) in [5.41, 5.74) is 0.576. The summed E-state index contributed by atoms with van der Waals surface area (Å²) in [6, 6.07) is 4.54. The second-order valence-corrected chi connectivity index (χ2v) is 4.99. The Bertz CT molecular complexity index is 464. The Hall–Kier alpha value is -1.66. The highest BCUT2D eigenvalue weighted by Crippen LogP contribution is 2.25. The van der Waals surface area contributed by atoms with Gasteiger partial charge in [-0.2, -0.15) is 0 Å². The number of hydrogen-bond donors (Lipinski definition) is 2. The Kier molecular flexibility index (Phi) is 5.91. The second-order valence-electron chi connectivity index (χ2n) is 4.99. The summed E-state index contributed by atoms with van der Waals surface area (Å²) in [4.78, 5) is 10.4. The average Bonchev–Trinajstić information content (AvgIpc) is 2.45. The van der Waals surface area contributed by atoms with Crippen LogP contribution < -0.4 is 10.1 Å². The van der Waals surface area contributed by atoms with Crippen LogP contribution in [0.2, 0.25) is 0 Å². The monoisotopic (exact) mass is 282 g/mol. The summed E-state index contributed by atoms with van der Waals surface area (Å²) in [5, 5.41) is 23.3. The molecule has 112 valence electrons. The van der Waals surface area contributed by atoms with Crippen LogP contribution in [0.15, 0.2) is 18.2 Å². The van der Waals surface area contributed by atoms with Gasteiger partial charge in [0, 0.05) is 36.4 Å². The van der Waals surface area contributed by atoms with E-state index in [1.54, 1.807) is 6.07 Å². The Morgan fingerprint density at radius 1 is 1.50 bits per heavy atom. The largest absolute Gasteiger partial charge is 0.496 e. The third kappa shape index (κ3) is 4.18. The van der Waals surface area contributed by atoms with Crippen molar-refractivity contribution in [2.24, 2.45) is 0 Å². The number of hydrogen-bond acceptors (Lipinski definition) is 5. The molecule has 6 nitrogen and oxygen atoms in total. The molecule has 1 unspecified atom stereocenters. The van der Waals surface area contributed by atoms with Gasteiger partial charge < -0.3 is 15.2 Å². The Balaban J connectivity index is 2.89. The molecule has 0 fully saturated rings. The lowest BCUT2D eigenvalue weighted by atomic mass is 9.94. The van der Waals surface area contributed by atoms with Gasteiger partial charge in [0.25, 0.3) is 5.69 Å². The van der Waals surface area contributed by atoms with Crippen LogP contribution in [0.5, 0.6) is 5.75 Å². The number of rotatable bonds is 8. The molecule has 6 heteroatoms. The van der Waals surface area contributed by atoms with Crippen molar-refractivity contribution >= 4 is 5.69 Å². The standard InChI is InChI=1S/C14H22N2O4/c1-4-14(2,7-8-17)15-10-11-9-12(16(18)19)5-6-13(11)20-3/h5-6,9,15,17H,4,7-8,10H2,1-3H3. The number of aliphatic hydroxyl groups excluding tert-OH is 1. The highest BCUT2D eigenvalue weighted by atomic mass is 16.6. The van der Waals surface area contributed by atoms with E-state index < -0.39 is 4.92 Å². The maximum Gasteiger partial charge on any atom is 0.270 e. The van der Waals surface area contributed by atoms with E-state index in [2.05, 4.69) is 5.32 Å². The van der Waals surface area contributed by atoms with Gasteiger partial charge in [-0.05, 0) is 25.8 Å². The normalized spacial score (nSPS) is 13.8. The van der Waals surface area contributed by atoms with E-state index in [0.717, 1.165) is 12.0 Å². The van der Waals surface area contributed by atoms with E-state index in [1.165, 1.54) is 19.2 Å². The molecule has 1 atom stereocenters. The zero-order chi connectivity index (χ0) is 15.2. The smallest absolute Gasteiger partial charge is 0.270 e. The molecule has 20 heavy (non-hydrogen) atoms. The fourth-order valence-electron chi connectivity index (χ4n) is 1.96. The van der Waals surface area contributed by atoms with Crippen molar-refractivity contribution in [3.8, 4) is 5.75 Å². The van der Waals surface area contributed by atoms with Gasteiger partial charge in [0.1, 0.15) is 5.75 Å². The molecule has 1 aromatic carbocycles. The van der Waals surface area contributed by atoms with E-state index >= 15 is 0 Å². The lowest BCUT2D eigenvalue weighted by Gasteiger charge is -2.29. The highest BCUT2D eigenvalue weighted by molar-refractivity contribution is 5.43. The first-order valence-corrected chi connectivity index (χ1v) is 6.63. The fourth-order valence-corrected chi connectivity index (χ4v) is 1.96. The number of ether oxygens (including phenoxy) is 1. The van der Waals surface area contributed by atoms with Gasteiger partial charge in [0.2, 0.25) is 0 Å². The van der Waals surface area contributed by atoms with Gasteiger partial charge in [-0.1, -0.05) is 6.92 Å². The highest BCUT2D eigenvalue weighted by Gasteiger charge is 2.21. The van der Waals surface area contributed by atoms with Gasteiger partial charge >= 0.3 is 0 Å². The molecule has 0 bridgehead atoms. The number of methoxy groups -OCH3 is 1. The minimum atomic E-state index is -0.421. The number of benzene rings is 1. The predicted molar refractivity (Wildman–Crippen MR) is 76.9 cm³/mol. The first-order chi connectivity index (χ1) is 9.45. The lowest BCUT2D eigenvalue weighted by molar-refractivity contribution is -0.384. The van der Waals surface area contributed by atoms with Gasteiger partial charge in [0.05, 0.1) is 12.0 Å². The number of non-ortho nitro benzene ring substituents is 1. The van der Waals surface area contributed by atoms with Crippen molar-refractivity contribution in [3.63, 3.8) is 0 Å². The van der Waals surface area contributed by atoms with E-state index in [-0.39, 0.29) is 17.8 Å². The SMILES string of the molecule is CCC(C)(CCO)NCc1cc([N+](=O)[O-])ccc1OC. The van der Waals surface area contributed by atoms with Gasteiger partial charge in [0.15, 0.2) is 0 Å². The lowest BCUT2D eigenvalue weighted by Crippen LogP contribution is -2.42. The fraction of sp³-hybridized carbons (Fsp3) is 0.571. The number of nitrogens with zero attached hydrogens (tertiary/aromatic N) is 1. The van der Waals surface area contributed by atoms with Crippen LogP contribution in [0.3, 0.4) is 0 Å². The van der Waals surface area contributed by atoms with Crippen molar-refractivity contribution in [2.75, 3.05) is 13.7 Å². The summed E-state index contributed by atoms with van der Waals surface area (Å²) < 4.78 is 5.23. The third-order valence-corrected chi connectivity index (χ3v) is 3.62. The van der Waals surface area contributed by atoms with Gasteiger partial charge in [-0.3, -0.25) is 10.1 Å². The minimum absolute atomic E-state index is 0.0444. The Morgan fingerprint density at radius 2 is 2.20 bits per heavy atom. The number of aliphatic hydroxyl groups is 1. The maximum atomic E-state index is 10.8. The van der Waals surface area contributed by atoms with Crippen LogP contribution in [-0.4, -0.2) is 29.3 Å². The molecule has 2 N–H and O–H groups in total. The van der Waals surface area contributed by atoms with Crippen LogP contribution in [0.4, 0.5) is 5.69 Å². The van der Waals surface area contributed by atoms with E-state index in [0.29, 0.717) is 18.7 Å². The number of nitrogens with one attached hydrogen (secondary N) is 1. The molecule has 0 saturated heterocycles. The molecule has 0 aliphatic carbocycles. The molecule has 0 heterocycles. The first kappa shape index (κ1) is 16.4. The van der Waals surface area contributed by atoms with Crippen LogP contribution in [0.1, 0.15) is 32.3 Å². The molecular formula is C14H22N2O4. The molecule has 1 rings (SSSR count). The van der Waals surface area contributed by atoms with Crippen molar-refractivity contribution < 1.29 is 14.8 Å². The number of nitro benzene ring substituents is 1. The molecule has 1 aromatic rings. The summed E-state index contributed by atoms with van der Waals surface area (Å²) in [6.07, 6.45) is 1.48. The summed E-state index contributed by atoms with van der Waals surface area (Å²) in [7, 11) is 1.54. The number of nitro groups is 1. The quantitative estimate of drug-likeness (QED) is 0.564. The molecule has 0 aromatic heterocycles. The zero-order valence-electron chi connectivity index (χ0n) is 12.2. The summed E-state index contributed by atoms with van der Waals surface area (Å²) >= 11 is 0. The Labute approximate surface area is 118 Å². The molecule has 0 radical (unpaired) electrons.